The van der Waals surface area contributed by atoms with Gasteiger partial charge in [0.2, 0.25) is 5.91 Å². The van der Waals surface area contributed by atoms with Crippen LogP contribution in [0.5, 0.6) is 0 Å². The molecule has 0 aliphatic heterocycles. The molecule has 2 heterocycles. The minimum absolute atomic E-state index is 0.116. The highest BCUT2D eigenvalue weighted by molar-refractivity contribution is 7.99. The van der Waals surface area contributed by atoms with Gasteiger partial charge < -0.3 is 10.1 Å². The third kappa shape index (κ3) is 4.68. The number of thiophene rings is 1. The number of hydrogen-bond donors (Lipinski definition) is 1. The van der Waals surface area contributed by atoms with Gasteiger partial charge in [-0.2, -0.15) is 0 Å². The quantitative estimate of drug-likeness (QED) is 0.329. The Balaban J connectivity index is 1.49. The van der Waals surface area contributed by atoms with Crippen LogP contribution in [0.2, 0.25) is 0 Å². The number of amides is 1. The van der Waals surface area contributed by atoms with Gasteiger partial charge in [0, 0.05) is 16.6 Å². The molecular weight excluding hydrogens is 432 g/mol. The number of anilines is 1. The van der Waals surface area contributed by atoms with Crippen LogP contribution in [0.1, 0.15) is 10.4 Å². The van der Waals surface area contributed by atoms with Gasteiger partial charge in [-0.3, -0.25) is 9.36 Å². The van der Waals surface area contributed by atoms with Gasteiger partial charge in [-0.25, -0.2) is 4.79 Å². The summed E-state index contributed by atoms with van der Waals surface area (Å²) in [6.07, 6.45) is 1.61. The largest absolute Gasteiger partial charge is 0.465 e. The predicted octanol–water partition coefficient (Wildman–Crippen LogP) is 4.51. The molecule has 1 N–H and O–H groups in total. The Morgan fingerprint density at radius 2 is 1.81 bits per heavy atom. The molecule has 0 unspecified atom stereocenters. The minimum Gasteiger partial charge on any atom is -0.465 e. The second-order valence-electron chi connectivity index (χ2n) is 6.37. The highest BCUT2D eigenvalue weighted by atomic mass is 32.2. The molecular formula is C22H18N4O3S2. The zero-order valence-corrected chi connectivity index (χ0v) is 18.2. The highest BCUT2D eigenvalue weighted by Crippen LogP contribution is 2.36. The van der Waals surface area contributed by atoms with E-state index in [9.17, 15) is 9.59 Å². The van der Waals surface area contributed by atoms with Crippen LogP contribution in [-0.2, 0) is 9.53 Å². The zero-order chi connectivity index (χ0) is 21.6. The van der Waals surface area contributed by atoms with Crippen LogP contribution >= 0.6 is 23.1 Å². The molecule has 7 nitrogen and oxygen atoms in total. The Labute approximate surface area is 187 Å². The van der Waals surface area contributed by atoms with Crippen molar-refractivity contribution >= 4 is 40.0 Å². The van der Waals surface area contributed by atoms with E-state index in [1.54, 1.807) is 6.33 Å². The summed E-state index contributed by atoms with van der Waals surface area (Å²) in [6.45, 7) is 0. The molecule has 9 heteroatoms. The maximum Gasteiger partial charge on any atom is 0.341 e. The van der Waals surface area contributed by atoms with Gasteiger partial charge >= 0.3 is 5.97 Å². The summed E-state index contributed by atoms with van der Waals surface area (Å²) in [4.78, 5) is 25.1. The number of ether oxygens (including phenoxy) is 1. The van der Waals surface area contributed by atoms with E-state index in [0.29, 0.717) is 15.7 Å². The topological polar surface area (TPSA) is 86.1 Å². The van der Waals surface area contributed by atoms with Crippen molar-refractivity contribution in [3.63, 3.8) is 0 Å². The lowest BCUT2D eigenvalue weighted by Crippen LogP contribution is -2.16. The maximum atomic E-state index is 12.6. The van der Waals surface area contributed by atoms with Crippen molar-refractivity contribution in [1.29, 1.82) is 0 Å². The smallest absolute Gasteiger partial charge is 0.341 e. The second kappa shape index (κ2) is 9.59. The average Bonchev–Trinajstić information content (AvgIpc) is 3.45. The van der Waals surface area contributed by atoms with Crippen LogP contribution in [0.15, 0.2) is 77.5 Å². The number of nitrogens with zero attached hydrogens (tertiary/aromatic N) is 3. The van der Waals surface area contributed by atoms with Gasteiger partial charge in [-0.05, 0) is 17.7 Å². The van der Waals surface area contributed by atoms with Gasteiger partial charge in [0.15, 0.2) is 5.16 Å². The fraction of sp³-hybridized carbons (Fsp3) is 0.0909. The van der Waals surface area contributed by atoms with Crippen molar-refractivity contribution in [2.75, 3.05) is 18.2 Å². The van der Waals surface area contributed by atoms with Gasteiger partial charge in [-0.15, -0.1) is 21.5 Å². The first-order valence-electron chi connectivity index (χ1n) is 9.30. The Bertz CT molecular complexity index is 1190. The van der Waals surface area contributed by atoms with Crippen molar-refractivity contribution in [2.24, 2.45) is 0 Å². The fourth-order valence-corrected chi connectivity index (χ4v) is 4.67. The number of methoxy groups -OCH3 is 1. The summed E-state index contributed by atoms with van der Waals surface area (Å²) in [7, 11) is 1.33. The zero-order valence-electron chi connectivity index (χ0n) is 16.5. The molecule has 156 valence electrons. The molecule has 2 aromatic carbocycles. The summed E-state index contributed by atoms with van der Waals surface area (Å²) in [5.74, 6) is -0.629. The van der Waals surface area contributed by atoms with Crippen molar-refractivity contribution in [3.05, 3.63) is 77.9 Å². The molecule has 0 aliphatic rings. The van der Waals surface area contributed by atoms with Gasteiger partial charge in [-0.1, -0.05) is 60.3 Å². The standard InChI is InChI=1S/C22H18N4O3S2/c1-29-21(28)19-17(15-8-4-2-5-9-15)12-30-20(19)24-18(27)13-31-22-25-23-14-26(22)16-10-6-3-7-11-16/h2-12,14H,13H2,1H3,(H,24,27). The molecule has 0 radical (unpaired) electrons. The monoisotopic (exact) mass is 450 g/mol. The van der Waals surface area contributed by atoms with E-state index in [4.69, 9.17) is 4.74 Å². The summed E-state index contributed by atoms with van der Waals surface area (Å²) in [5, 5.41) is 13.8. The lowest BCUT2D eigenvalue weighted by molar-refractivity contribution is -0.113. The van der Waals surface area contributed by atoms with Crippen LogP contribution in [-0.4, -0.2) is 39.5 Å². The molecule has 0 bridgehead atoms. The molecule has 0 atom stereocenters. The van der Waals surface area contributed by atoms with E-state index < -0.39 is 5.97 Å². The predicted molar refractivity (Wildman–Crippen MR) is 122 cm³/mol. The van der Waals surface area contributed by atoms with Crippen molar-refractivity contribution in [2.45, 2.75) is 5.16 Å². The normalized spacial score (nSPS) is 10.6. The Morgan fingerprint density at radius 3 is 2.52 bits per heavy atom. The van der Waals surface area contributed by atoms with E-state index in [-0.39, 0.29) is 11.7 Å². The molecule has 0 aliphatic carbocycles. The van der Waals surface area contributed by atoms with Crippen molar-refractivity contribution in [1.82, 2.24) is 14.8 Å². The van der Waals surface area contributed by atoms with Crippen molar-refractivity contribution < 1.29 is 14.3 Å². The first-order valence-corrected chi connectivity index (χ1v) is 11.2. The van der Waals surface area contributed by atoms with Crippen LogP contribution in [0, 0.1) is 0 Å². The summed E-state index contributed by atoms with van der Waals surface area (Å²) in [5.41, 5.74) is 2.87. The number of rotatable bonds is 7. The third-order valence-electron chi connectivity index (χ3n) is 4.40. The van der Waals surface area contributed by atoms with E-state index in [1.165, 1.54) is 30.2 Å². The SMILES string of the molecule is COC(=O)c1c(-c2ccccc2)csc1NC(=O)CSc1nncn1-c1ccccc1. The maximum absolute atomic E-state index is 12.6. The molecule has 0 fully saturated rings. The van der Waals surface area contributed by atoms with Crippen molar-refractivity contribution in [3.8, 4) is 16.8 Å². The summed E-state index contributed by atoms with van der Waals surface area (Å²) >= 11 is 2.56. The number of carbonyl (C=O) groups is 2. The summed E-state index contributed by atoms with van der Waals surface area (Å²) in [6, 6.07) is 19.2. The number of para-hydroxylation sites is 1. The Hall–Kier alpha value is -3.43. The molecule has 4 rings (SSSR count). The first-order chi connectivity index (χ1) is 15.2. The van der Waals surface area contributed by atoms with Crippen LogP contribution in [0.25, 0.3) is 16.8 Å². The number of nitrogens with one attached hydrogen (secondary N) is 1. The van der Waals surface area contributed by atoms with Crippen LogP contribution in [0.4, 0.5) is 5.00 Å². The number of esters is 1. The van der Waals surface area contributed by atoms with E-state index in [0.717, 1.165) is 16.8 Å². The Morgan fingerprint density at radius 1 is 1.10 bits per heavy atom. The Kier molecular flexibility index (Phi) is 6.44. The lowest BCUT2D eigenvalue weighted by Gasteiger charge is -2.08. The molecule has 1 amide bonds. The van der Waals surface area contributed by atoms with Gasteiger partial charge in [0.1, 0.15) is 16.9 Å². The van der Waals surface area contributed by atoms with Crippen LogP contribution < -0.4 is 5.32 Å². The van der Waals surface area contributed by atoms with Crippen LogP contribution in [0.3, 0.4) is 0 Å². The number of hydrogen-bond acceptors (Lipinski definition) is 7. The average molecular weight is 451 g/mol. The number of aromatic nitrogens is 3. The van der Waals surface area contributed by atoms with E-state index in [1.807, 2.05) is 70.6 Å². The van der Waals surface area contributed by atoms with Gasteiger partial charge in [0.25, 0.3) is 0 Å². The molecule has 31 heavy (non-hydrogen) atoms. The number of benzene rings is 2. The third-order valence-corrected chi connectivity index (χ3v) is 6.24. The minimum atomic E-state index is -0.494. The first kappa shape index (κ1) is 20.8. The number of thioether (sulfide) groups is 1. The highest BCUT2D eigenvalue weighted by Gasteiger charge is 2.22. The molecule has 0 saturated carbocycles. The number of carbonyl (C=O) groups excluding carboxylic acids is 2. The lowest BCUT2D eigenvalue weighted by atomic mass is 10.0. The van der Waals surface area contributed by atoms with E-state index >= 15 is 0 Å². The second-order valence-corrected chi connectivity index (χ2v) is 8.19. The fourth-order valence-electron chi connectivity index (χ4n) is 2.97. The molecule has 0 spiro atoms. The molecule has 0 saturated heterocycles. The molecule has 4 aromatic rings. The van der Waals surface area contributed by atoms with E-state index in [2.05, 4.69) is 15.5 Å². The van der Waals surface area contributed by atoms with Gasteiger partial charge in [0.05, 0.1) is 12.9 Å². The molecule has 2 aromatic heterocycles. The summed E-state index contributed by atoms with van der Waals surface area (Å²) < 4.78 is 6.77.